The van der Waals surface area contributed by atoms with Crippen molar-refractivity contribution in [1.29, 1.82) is 0 Å². The van der Waals surface area contributed by atoms with E-state index < -0.39 is 18.1 Å². The van der Waals surface area contributed by atoms with Gasteiger partial charge in [-0.3, -0.25) is 9.59 Å². The van der Waals surface area contributed by atoms with Gasteiger partial charge in [-0.1, -0.05) is 30.7 Å². The summed E-state index contributed by atoms with van der Waals surface area (Å²) in [6.45, 7) is 5.51. The van der Waals surface area contributed by atoms with Crippen molar-refractivity contribution in [2.24, 2.45) is 11.1 Å². The molecule has 1 unspecified atom stereocenters. The number of hydrogen-bond donors (Lipinski definition) is 2. The van der Waals surface area contributed by atoms with Gasteiger partial charge in [-0.15, -0.1) is 11.3 Å². The molecule has 1 aliphatic carbocycles. The number of benzene rings is 1. The summed E-state index contributed by atoms with van der Waals surface area (Å²) in [4.78, 5) is 35.9. The first kappa shape index (κ1) is 28.1. The number of likely N-dealkylation sites (N-methyl/N-ethyl adjacent to an activating group) is 1. The summed E-state index contributed by atoms with van der Waals surface area (Å²) < 4.78 is 32.8. The second-order valence-corrected chi connectivity index (χ2v) is 11.8. The van der Waals surface area contributed by atoms with Gasteiger partial charge in [0.25, 0.3) is 0 Å². The van der Waals surface area contributed by atoms with Gasteiger partial charge in [0.1, 0.15) is 12.3 Å². The first-order valence-electron chi connectivity index (χ1n) is 11.4. The Bertz CT molecular complexity index is 1160. The summed E-state index contributed by atoms with van der Waals surface area (Å²) in [5, 5.41) is 7.78. The van der Waals surface area contributed by atoms with Crippen molar-refractivity contribution < 1.29 is 37.1 Å². The minimum atomic E-state index is -5.08. The van der Waals surface area contributed by atoms with Crippen LogP contribution in [0, 0.1) is 5.41 Å². The van der Waals surface area contributed by atoms with Crippen molar-refractivity contribution in [3.63, 3.8) is 0 Å². The number of thiophene rings is 1. The molecule has 1 aromatic carbocycles. The van der Waals surface area contributed by atoms with Crippen LogP contribution in [0.2, 0.25) is 5.02 Å². The van der Waals surface area contributed by atoms with E-state index in [0.29, 0.717) is 22.4 Å². The molecule has 3 N–H and O–H groups in total. The van der Waals surface area contributed by atoms with Gasteiger partial charge in [0.2, 0.25) is 5.91 Å². The largest absolute Gasteiger partial charge is 0.490 e. The average molecular weight is 546 g/mol. The van der Waals surface area contributed by atoms with Crippen LogP contribution in [0.1, 0.15) is 51.0 Å². The number of aliphatic carboxylic acids is 1. The molecular formula is C25H29ClF3N2O4S+. The predicted molar refractivity (Wildman–Crippen MR) is 131 cm³/mol. The Morgan fingerprint density at radius 1 is 1.17 bits per heavy atom. The number of alkyl halides is 3. The van der Waals surface area contributed by atoms with Crippen LogP contribution in [0.5, 0.6) is 0 Å². The number of carbonyl (C=O) groups excluding carboxylic acids is 2. The second kappa shape index (κ2) is 10.5. The number of carboxylic acids is 1. The Morgan fingerprint density at radius 3 is 2.25 bits per heavy atom. The molecule has 0 spiro atoms. The number of primary amides is 1. The molecule has 1 amide bonds. The first-order valence-corrected chi connectivity index (χ1v) is 12.6. The highest BCUT2D eigenvalue weighted by Gasteiger charge is 2.46. The Morgan fingerprint density at radius 2 is 1.75 bits per heavy atom. The molecule has 1 saturated carbocycles. The standard InChI is InChI=1S/C23H27ClN2O2S.C2HF3O2/c1-23(8-9-23)14-26(2)10-7-18-20(13-26)29-19(21(18)22(25)28)12-17(27)11-15-3-5-16(24)6-4-15;3-2(4,5)1(6)7/h3-6H,7-14H2,1-2H3,(H-,25,28);(H,6,7)/p+1. The fourth-order valence-corrected chi connectivity index (χ4v) is 6.36. The Hall–Kier alpha value is -2.43. The third-order valence-electron chi connectivity index (χ3n) is 6.62. The topological polar surface area (TPSA) is 97.5 Å². The smallest absolute Gasteiger partial charge is 0.475 e. The molecule has 1 aliphatic heterocycles. The normalized spacial score (nSPS) is 20.1. The van der Waals surface area contributed by atoms with Crippen molar-refractivity contribution >= 4 is 40.6 Å². The highest BCUT2D eigenvalue weighted by Crippen LogP contribution is 2.48. The van der Waals surface area contributed by atoms with Gasteiger partial charge in [0.15, 0.2) is 0 Å². The van der Waals surface area contributed by atoms with E-state index >= 15 is 0 Å². The van der Waals surface area contributed by atoms with E-state index in [1.165, 1.54) is 24.3 Å². The zero-order valence-electron chi connectivity index (χ0n) is 20.1. The summed E-state index contributed by atoms with van der Waals surface area (Å²) in [6, 6.07) is 7.33. The number of hydrogen-bond acceptors (Lipinski definition) is 4. The molecule has 196 valence electrons. The highest BCUT2D eigenvalue weighted by molar-refractivity contribution is 7.12. The number of ketones is 1. The van der Waals surface area contributed by atoms with Crippen molar-refractivity contribution in [2.45, 2.75) is 51.7 Å². The van der Waals surface area contributed by atoms with E-state index in [-0.39, 0.29) is 12.2 Å². The number of nitrogens with two attached hydrogens (primary N) is 1. The average Bonchev–Trinajstić information content (AvgIpc) is 3.35. The number of rotatable bonds is 7. The quantitative estimate of drug-likeness (QED) is 0.489. The molecule has 1 atom stereocenters. The van der Waals surface area contributed by atoms with Gasteiger partial charge in [0.05, 0.1) is 30.6 Å². The number of quaternary nitrogens is 1. The zero-order valence-corrected chi connectivity index (χ0v) is 21.7. The highest BCUT2D eigenvalue weighted by atomic mass is 35.5. The summed E-state index contributed by atoms with van der Waals surface area (Å²) in [5.74, 6) is -3.06. The van der Waals surface area contributed by atoms with E-state index in [4.69, 9.17) is 27.2 Å². The van der Waals surface area contributed by atoms with Crippen LogP contribution in [0.3, 0.4) is 0 Å². The maximum atomic E-state index is 12.7. The molecule has 2 aliphatic rings. The minimum Gasteiger partial charge on any atom is -0.475 e. The minimum absolute atomic E-state index is 0.0937. The fourth-order valence-electron chi connectivity index (χ4n) is 4.68. The van der Waals surface area contributed by atoms with Crippen molar-refractivity contribution in [3.05, 3.63) is 55.7 Å². The summed E-state index contributed by atoms with van der Waals surface area (Å²) >= 11 is 7.54. The number of amides is 1. The van der Waals surface area contributed by atoms with Crippen LogP contribution in [0.15, 0.2) is 24.3 Å². The van der Waals surface area contributed by atoms with E-state index in [2.05, 4.69) is 14.0 Å². The molecule has 6 nitrogen and oxygen atoms in total. The molecule has 36 heavy (non-hydrogen) atoms. The van der Waals surface area contributed by atoms with Crippen LogP contribution in [-0.2, 0) is 35.4 Å². The number of carboxylic acid groups (broad SMARTS) is 1. The van der Waals surface area contributed by atoms with Crippen LogP contribution >= 0.6 is 22.9 Å². The van der Waals surface area contributed by atoms with Gasteiger partial charge in [0, 0.05) is 34.6 Å². The van der Waals surface area contributed by atoms with Crippen LogP contribution in [-0.4, -0.2) is 53.6 Å². The van der Waals surface area contributed by atoms with Crippen LogP contribution < -0.4 is 5.73 Å². The zero-order chi connectivity index (χ0) is 26.9. The fraction of sp³-hybridized carbons (Fsp3) is 0.480. The van der Waals surface area contributed by atoms with E-state index in [1.54, 1.807) is 23.5 Å². The second-order valence-electron chi connectivity index (χ2n) is 10.2. The van der Waals surface area contributed by atoms with Gasteiger partial charge >= 0.3 is 12.1 Å². The Kier molecular flexibility index (Phi) is 8.22. The molecule has 0 bridgehead atoms. The molecule has 4 rings (SSSR count). The van der Waals surface area contributed by atoms with Crippen LogP contribution in [0.25, 0.3) is 0 Å². The summed E-state index contributed by atoms with van der Waals surface area (Å²) in [5.41, 5.74) is 8.86. The molecular weight excluding hydrogens is 517 g/mol. The SMILES string of the molecule is CC1(C[N+]2(C)CCc3c(sc(CC(=O)Cc4ccc(Cl)cc4)c3C(N)=O)C2)CC1.O=C(O)C(F)(F)F. The predicted octanol–water partition coefficient (Wildman–Crippen LogP) is 4.79. The van der Waals surface area contributed by atoms with E-state index in [9.17, 15) is 22.8 Å². The molecule has 1 aromatic heterocycles. The van der Waals surface area contributed by atoms with Crippen molar-refractivity contribution in [1.82, 2.24) is 0 Å². The van der Waals surface area contributed by atoms with Gasteiger partial charge in [-0.25, -0.2) is 4.79 Å². The Labute approximate surface area is 216 Å². The van der Waals surface area contributed by atoms with Gasteiger partial charge in [-0.2, -0.15) is 13.2 Å². The van der Waals surface area contributed by atoms with Crippen molar-refractivity contribution in [2.75, 3.05) is 20.1 Å². The monoisotopic (exact) mass is 545 g/mol. The Balaban J connectivity index is 0.000000454. The van der Waals surface area contributed by atoms with Gasteiger partial charge < -0.3 is 15.3 Å². The van der Waals surface area contributed by atoms with E-state index in [1.807, 2.05) is 12.1 Å². The third-order valence-corrected chi connectivity index (χ3v) is 8.09. The lowest BCUT2D eigenvalue weighted by molar-refractivity contribution is -0.928. The molecule has 0 saturated heterocycles. The lowest BCUT2D eigenvalue weighted by Gasteiger charge is -2.39. The molecule has 2 heterocycles. The molecule has 1 fully saturated rings. The number of fused-ring (bicyclic) bond motifs is 1. The molecule has 0 radical (unpaired) electrons. The summed E-state index contributed by atoms with van der Waals surface area (Å²) in [6.07, 6.45) is -0.990. The van der Waals surface area contributed by atoms with Gasteiger partial charge in [-0.05, 0) is 36.1 Å². The third kappa shape index (κ3) is 7.30. The van der Waals surface area contributed by atoms with Crippen LogP contribution in [0.4, 0.5) is 13.2 Å². The summed E-state index contributed by atoms with van der Waals surface area (Å²) in [7, 11) is 2.32. The van der Waals surface area contributed by atoms with E-state index in [0.717, 1.165) is 40.0 Å². The lowest BCUT2D eigenvalue weighted by atomic mass is 9.96. The molecule has 11 heteroatoms. The number of Topliss-reactive ketones (excluding diaryl/α,β-unsaturated/α-hetero) is 1. The lowest BCUT2D eigenvalue weighted by Crippen LogP contribution is -2.50. The number of nitrogens with zero attached hydrogens (tertiary/aromatic N) is 1. The first-order chi connectivity index (χ1) is 16.6. The maximum Gasteiger partial charge on any atom is 0.490 e. The van der Waals surface area contributed by atoms with Crippen molar-refractivity contribution in [3.8, 4) is 0 Å². The maximum absolute atomic E-state index is 12.7. The number of halogens is 4. The number of carbonyl (C=O) groups is 3. The molecule has 2 aromatic rings.